The zero-order chi connectivity index (χ0) is 21.7. The molecule has 4 unspecified atom stereocenters. The van der Waals surface area contributed by atoms with Crippen LogP contribution in [0.1, 0.15) is 86.5 Å². The van der Waals surface area contributed by atoms with E-state index in [2.05, 4.69) is 20.8 Å². The lowest BCUT2D eigenvalue weighted by molar-refractivity contribution is -0.149. The maximum Gasteiger partial charge on any atom is 0.308 e. The molecule has 0 radical (unpaired) electrons. The van der Waals surface area contributed by atoms with Crippen LogP contribution in [0.4, 0.5) is 0 Å². The fourth-order valence-electron chi connectivity index (χ4n) is 3.15. The van der Waals surface area contributed by atoms with Crippen LogP contribution in [0.2, 0.25) is 0 Å². The summed E-state index contributed by atoms with van der Waals surface area (Å²) in [7, 11) is -4.24. The van der Waals surface area contributed by atoms with Gasteiger partial charge in [0.05, 0.1) is 17.8 Å². The van der Waals surface area contributed by atoms with Crippen molar-refractivity contribution in [2.24, 2.45) is 23.7 Å². The van der Waals surface area contributed by atoms with Gasteiger partial charge >= 0.3 is 5.97 Å². The first kappa shape index (κ1) is 27.1. The highest BCUT2D eigenvalue weighted by Crippen LogP contribution is 2.27. The number of carbonyl (C=O) groups is 1. The van der Waals surface area contributed by atoms with E-state index in [1.807, 2.05) is 32.9 Å². The maximum absolute atomic E-state index is 12.6. The Morgan fingerprint density at radius 2 is 1.64 bits per heavy atom. The van der Waals surface area contributed by atoms with E-state index in [9.17, 15) is 17.8 Å². The van der Waals surface area contributed by atoms with Crippen molar-refractivity contribution in [2.45, 2.75) is 91.7 Å². The Morgan fingerprint density at radius 1 is 1.00 bits per heavy atom. The van der Waals surface area contributed by atoms with E-state index in [0.29, 0.717) is 25.4 Å². The Labute approximate surface area is 173 Å². The lowest BCUT2D eigenvalue weighted by Crippen LogP contribution is -2.30. The molecule has 0 aliphatic heterocycles. The summed E-state index contributed by atoms with van der Waals surface area (Å²) in [6, 6.07) is 0. The number of esters is 1. The van der Waals surface area contributed by atoms with E-state index >= 15 is 0 Å². The van der Waals surface area contributed by atoms with Crippen molar-refractivity contribution < 1.29 is 22.5 Å². The minimum atomic E-state index is -4.24. The van der Waals surface area contributed by atoms with Crippen LogP contribution in [-0.2, 0) is 19.6 Å². The molecule has 0 aromatic carbocycles. The van der Waals surface area contributed by atoms with E-state index in [1.165, 1.54) is 0 Å². The molecule has 0 fully saturated rings. The first-order valence-electron chi connectivity index (χ1n) is 10.8. The summed E-state index contributed by atoms with van der Waals surface area (Å²) >= 11 is 0. The molecule has 0 aliphatic carbocycles. The van der Waals surface area contributed by atoms with Crippen molar-refractivity contribution in [3.05, 3.63) is 12.2 Å². The standard InChI is InChI=1S/C22H42O5S/c1-7-9-10-13-27-22(23)20(14-18(5)8-2)16-21(28(24,25)26)15-19(6)12-11-17(3)4/h11-12,17-21H,7-10,13-16H2,1-6H3,(H,24,25,26). The summed E-state index contributed by atoms with van der Waals surface area (Å²) in [5.41, 5.74) is 0. The minimum Gasteiger partial charge on any atom is -0.465 e. The number of ether oxygens (including phenoxy) is 1. The van der Waals surface area contributed by atoms with Crippen LogP contribution in [-0.4, -0.2) is 30.8 Å². The first-order valence-corrected chi connectivity index (χ1v) is 12.3. The van der Waals surface area contributed by atoms with Gasteiger partial charge in [0.15, 0.2) is 0 Å². The second-order valence-corrected chi connectivity index (χ2v) is 10.2. The molecule has 0 rings (SSSR count). The molecule has 166 valence electrons. The highest BCUT2D eigenvalue weighted by Gasteiger charge is 2.32. The maximum atomic E-state index is 12.6. The van der Waals surface area contributed by atoms with Crippen LogP contribution in [0, 0.1) is 23.7 Å². The molecule has 0 heterocycles. The molecule has 0 aromatic rings. The topological polar surface area (TPSA) is 80.7 Å². The molecular weight excluding hydrogens is 376 g/mol. The molecule has 4 atom stereocenters. The number of allylic oxidation sites excluding steroid dienone is 2. The van der Waals surface area contributed by atoms with Crippen LogP contribution in [0.3, 0.4) is 0 Å². The average molecular weight is 419 g/mol. The predicted molar refractivity (Wildman–Crippen MR) is 116 cm³/mol. The summed E-state index contributed by atoms with van der Waals surface area (Å²) in [4.78, 5) is 12.6. The molecular formula is C22H42O5S. The monoisotopic (exact) mass is 418 g/mol. The summed E-state index contributed by atoms with van der Waals surface area (Å²) < 4.78 is 39.2. The Hall–Kier alpha value is -0.880. The Kier molecular flexibility index (Phi) is 13.7. The molecule has 6 heteroatoms. The number of hydrogen-bond acceptors (Lipinski definition) is 4. The van der Waals surface area contributed by atoms with Crippen LogP contribution in [0.25, 0.3) is 0 Å². The fraction of sp³-hybridized carbons (Fsp3) is 0.864. The van der Waals surface area contributed by atoms with Gasteiger partial charge in [-0.2, -0.15) is 8.42 Å². The quantitative estimate of drug-likeness (QED) is 0.161. The normalized spacial score (nSPS) is 16.9. The molecule has 0 saturated carbocycles. The van der Waals surface area contributed by atoms with Gasteiger partial charge in [0.2, 0.25) is 0 Å². The third kappa shape index (κ3) is 12.6. The molecule has 0 aromatic heterocycles. The van der Waals surface area contributed by atoms with Crippen molar-refractivity contribution in [2.75, 3.05) is 6.61 Å². The molecule has 28 heavy (non-hydrogen) atoms. The minimum absolute atomic E-state index is 0.000789. The molecule has 5 nitrogen and oxygen atoms in total. The van der Waals surface area contributed by atoms with Gasteiger partial charge in [-0.25, -0.2) is 0 Å². The van der Waals surface area contributed by atoms with Gasteiger partial charge in [-0.05, 0) is 43.4 Å². The highest BCUT2D eigenvalue weighted by molar-refractivity contribution is 7.86. The van der Waals surface area contributed by atoms with Gasteiger partial charge in [0, 0.05) is 0 Å². The van der Waals surface area contributed by atoms with E-state index in [1.54, 1.807) is 0 Å². The van der Waals surface area contributed by atoms with Gasteiger partial charge in [-0.15, -0.1) is 0 Å². The third-order valence-electron chi connectivity index (χ3n) is 5.14. The highest BCUT2D eigenvalue weighted by atomic mass is 32.2. The Balaban J connectivity index is 5.21. The average Bonchev–Trinajstić information content (AvgIpc) is 2.61. The molecule has 0 amide bonds. The predicted octanol–water partition coefficient (Wildman–Crippen LogP) is 5.66. The van der Waals surface area contributed by atoms with Crippen molar-refractivity contribution in [3.63, 3.8) is 0 Å². The molecule has 0 aliphatic rings. The lowest BCUT2D eigenvalue weighted by atomic mass is 9.88. The van der Waals surface area contributed by atoms with Crippen LogP contribution in [0.15, 0.2) is 12.2 Å². The number of unbranched alkanes of at least 4 members (excludes halogenated alkanes) is 2. The zero-order valence-corrected chi connectivity index (χ0v) is 19.5. The second kappa shape index (κ2) is 14.2. The van der Waals surface area contributed by atoms with Crippen LogP contribution in [0.5, 0.6) is 0 Å². The van der Waals surface area contributed by atoms with E-state index in [4.69, 9.17) is 4.74 Å². The molecule has 0 spiro atoms. The van der Waals surface area contributed by atoms with Crippen molar-refractivity contribution >= 4 is 16.1 Å². The second-order valence-electron chi connectivity index (χ2n) is 8.54. The van der Waals surface area contributed by atoms with Crippen LogP contribution >= 0.6 is 0 Å². The number of rotatable bonds is 15. The SMILES string of the molecule is CCCCCOC(=O)C(CC(C)CC)CC(CC(C)C=CC(C)C)S(=O)(=O)O. The molecule has 0 saturated heterocycles. The summed E-state index contributed by atoms with van der Waals surface area (Å²) in [6.07, 6.45) is 8.75. The lowest BCUT2D eigenvalue weighted by Gasteiger charge is -2.24. The molecule has 1 N–H and O–H groups in total. The largest absolute Gasteiger partial charge is 0.465 e. The van der Waals surface area contributed by atoms with E-state index < -0.39 is 21.3 Å². The number of hydrogen-bond donors (Lipinski definition) is 1. The van der Waals surface area contributed by atoms with Gasteiger partial charge in [0.25, 0.3) is 10.1 Å². The van der Waals surface area contributed by atoms with Gasteiger partial charge in [-0.1, -0.05) is 73.0 Å². The Morgan fingerprint density at radius 3 is 2.14 bits per heavy atom. The van der Waals surface area contributed by atoms with Crippen LogP contribution < -0.4 is 0 Å². The van der Waals surface area contributed by atoms with E-state index in [0.717, 1.165) is 25.7 Å². The van der Waals surface area contributed by atoms with Crippen molar-refractivity contribution in [3.8, 4) is 0 Å². The van der Waals surface area contributed by atoms with Gasteiger partial charge < -0.3 is 4.74 Å². The third-order valence-corrected chi connectivity index (χ3v) is 6.36. The van der Waals surface area contributed by atoms with Gasteiger partial charge in [-0.3, -0.25) is 9.35 Å². The first-order chi connectivity index (χ1) is 13.0. The van der Waals surface area contributed by atoms with E-state index in [-0.39, 0.29) is 24.2 Å². The smallest absolute Gasteiger partial charge is 0.308 e. The number of carbonyl (C=O) groups excluding carboxylic acids is 1. The fourth-order valence-corrected chi connectivity index (χ4v) is 4.17. The Bertz CT molecular complexity index is 553. The summed E-state index contributed by atoms with van der Waals surface area (Å²) in [5.74, 6) is -0.184. The van der Waals surface area contributed by atoms with Crippen molar-refractivity contribution in [1.29, 1.82) is 0 Å². The van der Waals surface area contributed by atoms with Gasteiger partial charge in [0.1, 0.15) is 0 Å². The zero-order valence-electron chi connectivity index (χ0n) is 18.7. The molecule has 0 bridgehead atoms. The van der Waals surface area contributed by atoms with Crippen molar-refractivity contribution in [1.82, 2.24) is 0 Å². The summed E-state index contributed by atoms with van der Waals surface area (Å²) in [5, 5.41) is -0.962. The summed E-state index contributed by atoms with van der Waals surface area (Å²) in [6.45, 7) is 12.6.